The molecule has 28 heavy (non-hydrogen) atoms. The summed E-state index contributed by atoms with van der Waals surface area (Å²) < 4.78 is 24.1. The Morgan fingerprint density at radius 3 is 2.89 bits per heavy atom. The number of thiophene rings is 1. The number of amides is 1. The van der Waals surface area contributed by atoms with Gasteiger partial charge in [-0.15, -0.1) is 11.3 Å². The predicted molar refractivity (Wildman–Crippen MR) is 104 cm³/mol. The van der Waals surface area contributed by atoms with Gasteiger partial charge in [0.1, 0.15) is 23.6 Å². The van der Waals surface area contributed by atoms with Crippen LogP contribution < -0.4 is 0 Å². The van der Waals surface area contributed by atoms with Crippen LogP contribution in [0.25, 0.3) is 10.8 Å². The summed E-state index contributed by atoms with van der Waals surface area (Å²) in [5.74, 6) is 0.400. The molecule has 2 unspecified atom stereocenters. The molecule has 4 rings (SSSR count). The molecule has 1 amide bonds. The summed E-state index contributed by atoms with van der Waals surface area (Å²) in [5.41, 5.74) is 0.790. The molecule has 2 aromatic heterocycles. The van der Waals surface area contributed by atoms with E-state index in [-0.39, 0.29) is 18.2 Å². The van der Waals surface area contributed by atoms with E-state index in [1.807, 2.05) is 26.8 Å². The van der Waals surface area contributed by atoms with Crippen molar-refractivity contribution in [1.82, 2.24) is 9.88 Å². The normalized spacial score (nSPS) is 31.1. The Bertz CT molecular complexity index is 850. The number of oxazole rings is 1. The van der Waals surface area contributed by atoms with Gasteiger partial charge in [-0.05, 0) is 39.8 Å². The zero-order valence-electron chi connectivity index (χ0n) is 16.6. The van der Waals surface area contributed by atoms with Crippen LogP contribution in [0.5, 0.6) is 0 Å². The van der Waals surface area contributed by atoms with Crippen LogP contribution >= 0.6 is 11.3 Å². The second-order valence-electron chi connectivity index (χ2n) is 7.59. The minimum absolute atomic E-state index is 0.000895. The third-order valence-electron chi connectivity index (χ3n) is 5.38. The van der Waals surface area contributed by atoms with Gasteiger partial charge >= 0.3 is 0 Å². The van der Waals surface area contributed by atoms with Gasteiger partial charge in [0.2, 0.25) is 12.3 Å². The van der Waals surface area contributed by atoms with E-state index in [4.69, 9.17) is 23.6 Å². The zero-order valence-corrected chi connectivity index (χ0v) is 17.5. The van der Waals surface area contributed by atoms with Crippen molar-refractivity contribution in [3.8, 4) is 10.8 Å². The highest BCUT2D eigenvalue weighted by Crippen LogP contribution is 2.39. The largest absolute Gasteiger partial charge is 0.440 e. The van der Waals surface area contributed by atoms with E-state index in [0.29, 0.717) is 32.1 Å². The van der Waals surface area contributed by atoms with Crippen molar-refractivity contribution < 1.29 is 23.4 Å². The van der Waals surface area contributed by atoms with Crippen molar-refractivity contribution in [3.63, 3.8) is 0 Å². The van der Waals surface area contributed by atoms with Gasteiger partial charge in [-0.3, -0.25) is 4.79 Å². The molecule has 2 aliphatic rings. The fourth-order valence-electron chi connectivity index (χ4n) is 3.87. The average molecular weight is 407 g/mol. The summed E-state index contributed by atoms with van der Waals surface area (Å²) in [4.78, 5) is 20.3. The smallest absolute Gasteiger partial charge is 0.236 e. The van der Waals surface area contributed by atoms with E-state index in [1.165, 1.54) is 4.88 Å². The van der Waals surface area contributed by atoms with Crippen LogP contribution in [-0.2, 0) is 19.0 Å². The number of hydrogen-bond acceptors (Lipinski definition) is 7. The number of carbonyl (C=O) groups is 1. The second-order valence-corrected chi connectivity index (χ2v) is 8.88. The van der Waals surface area contributed by atoms with Crippen LogP contribution in [-0.4, -0.2) is 54.0 Å². The molecule has 0 bridgehead atoms. The lowest BCUT2D eigenvalue weighted by Crippen LogP contribution is -2.62. The summed E-state index contributed by atoms with van der Waals surface area (Å²) in [6, 6.07) is 3.77. The molecule has 2 aliphatic heterocycles. The van der Waals surface area contributed by atoms with Gasteiger partial charge in [0, 0.05) is 17.8 Å². The highest BCUT2D eigenvalue weighted by atomic mass is 32.1. The Labute approximate surface area is 168 Å². The lowest BCUT2D eigenvalue weighted by atomic mass is 10.0. The van der Waals surface area contributed by atoms with Gasteiger partial charge in [0.15, 0.2) is 5.79 Å². The van der Waals surface area contributed by atoms with Crippen LogP contribution in [0, 0.1) is 13.8 Å². The number of rotatable bonds is 4. The first-order chi connectivity index (χ1) is 13.4. The van der Waals surface area contributed by atoms with E-state index in [9.17, 15) is 4.79 Å². The van der Waals surface area contributed by atoms with Crippen LogP contribution in [0.4, 0.5) is 0 Å². The molecule has 0 aliphatic carbocycles. The van der Waals surface area contributed by atoms with Gasteiger partial charge in [-0.2, -0.15) is 0 Å². The Morgan fingerprint density at radius 2 is 2.18 bits per heavy atom. The number of nitrogens with zero attached hydrogens (tertiary/aromatic N) is 2. The van der Waals surface area contributed by atoms with E-state index in [0.717, 1.165) is 22.7 Å². The van der Waals surface area contributed by atoms with Gasteiger partial charge in [-0.25, -0.2) is 4.98 Å². The van der Waals surface area contributed by atoms with Crippen LogP contribution in [0.2, 0.25) is 0 Å². The topological polar surface area (TPSA) is 74.0 Å². The molecule has 0 saturated carbocycles. The molecule has 2 aromatic rings. The summed E-state index contributed by atoms with van der Waals surface area (Å²) in [7, 11) is 0. The van der Waals surface area contributed by atoms with E-state index in [2.05, 4.69) is 13.0 Å². The minimum atomic E-state index is -0.963. The lowest BCUT2D eigenvalue weighted by molar-refractivity contribution is -0.321. The molecule has 152 valence electrons. The predicted octanol–water partition coefficient (Wildman–Crippen LogP) is 3.46. The van der Waals surface area contributed by atoms with Gasteiger partial charge in [-0.1, -0.05) is 0 Å². The summed E-state index contributed by atoms with van der Waals surface area (Å²) in [6.45, 7) is 9.20. The van der Waals surface area contributed by atoms with Gasteiger partial charge in [0.05, 0.1) is 24.2 Å². The number of aryl methyl sites for hydroxylation is 2. The van der Waals surface area contributed by atoms with Crippen LogP contribution in [0.15, 0.2) is 16.5 Å². The average Bonchev–Trinajstić information content (AvgIpc) is 3.27. The van der Waals surface area contributed by atoms with Crippen molar-refractivity contribution in [2.24, 2.45) is 0 Å². The molecule has 0 N–H and O–H groups in total. The Kier molecular flexibility index (Phi) is 5.30. The van der Waals surface area contributed by atoms with Crippen molar-refractivity contribution in [1.29, 1.82) is 0 Å². The van der Waals surface area contributed by atoms with Crippen LogP contribution in [0.3, 0.4) is 0 Å². The van der Waals surface area contributed by atoms with Crippen molar-refractivity contribution in [3.05, 3.63) is 28.5 Å². The number of carbonyl (C=O) groups excluding carboxylic acids is 1. The molecule has 4 heterocycles. The number of morpholine rings is 1. The highest BCUT2D eigenvalue weighted by Gasteiger charge is 2.47. The first-order valence-electron chi connectivity index (χ1n) is 9.58. The molecule has 4 atom stereocenters. The minimum Gasteiger partial charge on any atom is -0.440 e. The van der Waals surface area contributed by atoms with E-state index in [1.54, 1.807) is 16.2 Å². The maximum Gasteiger partial charge on any atom is 0.236 e. The van der Waals surface area contributed by atoms with E-state index >= 15 is 0 Å². The third kappa shape index (κ3) is 3.61. The third-order valence-corrected chi connectivity index (χ3v) is 6.37. The van der Waals surface area contributed by atoms with Gasteiger partial charge < -0.3 is 23.5 Å². The number of hydrogen-bond donors (Lipinski definition) is 0. The lowest BCUT2D eigenvalue weighted by Gasteiger charge is -2.48. The van der Waals surface area contributed by atoms with Crippen molar-refractivity contribution in [2.45, 2.75) is 58.2 Å². The van der Waals surface area contributed by atoms with Crippen molar-refractivity contribution in [2.75, 3.05) is 19.8 Å². The van der Waals surface area contributed by atoms with E-state index < -0.39 is 5.79 Å². The fourth-order valence-corrected chi connectivity index (χ4v) is 4.66. The molecule has 0 aromatic carbocycles. The zero-order chi connectivity index (χ0) is 19.9. The van der Waals surface area contributed by atoms with Crippen LogP contribution in [0.1, 0.15) is 42.7 Å². The highest BCUT2D eigenvalue weighted by molar-refractivity contribution is 7.15. The molecule has 2 saturated heterocycles. The fraction of sp³-hybridized carbons (Fsp3) is 0.600. The number of ether oxygens (including phenoxy) is 3. The summed E-state index contributed by atoms with van der Waals surface area (Å²) >= 11 is 1.65. The monoisotopic (exact) mass is 406 g/mol. The number of aromatic nitrogens is 1. The van der Waals surface area contributed by atoms with Crippen molar-refractivity contribution >= 4 is 17.7 Å². The molecule has 8 heteroatoms. The summed E-state index contributed by atoms with van der Waals surface area (Å²) in [6.07, 6.45) is 1.27. The Balaban J connectivity index is 1.57. The molecule has 0 spiro atoms. The first-order valence-corrected chi connectivity index (χ1v) is 10.4. The Hall–Kier alpha value is -1.74. The molecular weight excluding hydrogens is 380 g/mol. The summed E-state index contributed by atoms with van der Waals surface area (Å²) in [5, 5.41) is 0. The maximum absolute atomic E-state index is 11.6. The Morgan fingerprint density at radius 1 is 1.36 bits per heavy atom. The quantitative estimate of drug-likeness (QED) is 0.724. The molecular formula is C20H26N2O5S. The first kappa shape index (κ1) is 19.6. The maximum atomic E-state index is 11.6. The SMILES string of the molecule is Cc1ccc(-c2nc(C3CCO[C@@](C)(C4CO[C@H](C)CN4C=O)O3)c(C)o2)s1. The molecule has 7 nitrogen and oxygen atoms in total. The second kappa shape index (κ2) is 7.59. The molecule has 0 radical (unpaired) electrons. The molecule has 2 fully saturated rings. The van der Waals surface area contributed by atoms with Gasteiger partial charge in [0.25, 0.3) is 0 Å². The standard InChI is InChI=1S/C20H26N2O5S/c1-12-9-22(11-23)17(10-24-12)20(4)25-8-7-15(27-20)18-14(3)26-19(21-18)16-6-5-13(2)28-16/h5-6,11-12,15,17H,7-10H2,1-4H3/t12-,15?,17?,20-/m1/s1.